The Morgan fingerprint density at radius 1 is 0.412 bits per heavy atom. The van der Waals surface area contributed by atoms with Gasteiger partial charge in [0.1, 0.15) is 13.2 Å². The van der Waals surface area contributed by atoms with Crippen LogP contribution in [0.3, 0.4) is 0 Å². The summed E-state index contributed by atoms with van der Waals surface area (Å²) in [6, 6.07) is 0. The Morgan fingerprint density at radius 3 is 1.12 bits per heavy atom. The highest BCUT2D eigenvalue weighted by Gasteiger charge is 2.19. The number of hydrogen-bond donors (Lipinski definition) is 0. The summed E-state index contributed by atoms with van der Waals surface area (Å²) in [4.78, 5) is 37.6. The molecule has 0 aliphatic rings. The zero-order valence-electron chi connectivity index (χ0n) is 34.7. The van der Waals surface area contributed by atoms with Gasteiger partial charge in [-0.15, -0.1) is 0 Å². The van der Waals surface area contributed by atoms with Gasteiger partial charge in [-0.2, -0.15) is 0 Å². The monoisotopic (exact) mass is 723 g/mol. The SMILES string of the molecule is CCCCCCCCCCCCCC(=O)O[C@@H](COC(=O)CCCCCCCCCCCC(C)C)COC(=O)CCCCCCCCC(C)CC. The van der Waals surface area contributed by atoms with E-state index in [-0.39, 0.29) is 31.1 Å². The van der Waals surface area contributed by atoms with Crippen molar-refractivity contribution in [1.82, 2.24) is 0 Å². The summed E-state index contributed by atoms with van der Waals surface area (Å²) < 4.78 is 16.7. The molecule has 0 aromatic heterocycles. The molecule has 302 valence electrons. The molecule has 0 spiro atoms. The lowest BCUT2D eigenvalue weighted by Gasteiger charge is -2.18. The minimum Gasteiger partial charge on any atom is -0.462 e. The molecule has 6 nitrogen and oxygen atoms in total. The van der Waals surface area contributed by atoms with Crippen LogP contribution in [-0.2, 0) is 28.6 Å². The molecule has 0 saturated carbocycles. The number of unbranched alkanes of at least 4 members (excludes halogenated alkanes) is 23. The fraction of sp³-hybridized carbons (Fsp3) is 0.933. The summed E-state index contributed by atoms with van der Waals surface area (Å²) in [7, 11) is 0. The van der Waals surface area contributed by atoms with Crippen LogP contribution in [0.5, 0.6) is 0 Å². The van der Waals surface area contributed by atoms with Gasteiger partial charge in [-0.25, -0.2) is 0 Å². The third-order valence-electron chi connectivity index (χ3n) is 10.3. The van der Waals surface area contributed by atoms with E-state index >= 15 is 0 Å². The average molecular weight is 723 g/mol. The van der Waals surface area contributed by atoms with Crippen LogP contribution in [0.25, 0.3) is 0 Å². The second kappa shape index (κ2) is 38.1. The molecule has 51 heavy (non-hydrogen) atoms. The molecule has 6 heteroatoms. The summed E-state index contributed by atoms with van der Waals surface area (Å²) in [5.74, 6) is 0.760. The van der Waals surface area contributed by atoms with Gasteiger partial charge in [-0.1, -0.05) is 202 Å². The first-order chi connectivity index (χ1) is 24.8. The standard InChI is InChI=1S/C45H86O6/c1-6-8-9-10-11-12-13-16-20-27-32-37-45(48)51-42(39-50-44(47)36-31-26-22-21-24-29-34-41(5)7-2)38-49-43(46)35-30-25-19-17-14-15-18-23-28-33-40(3)4/h40-42H,6-39H2,1-5H3/t41?,42-/m0/s1. The zero-order chi connectivity index (χ0) is 37.6. The van der Waals surface area contributed by atoms with Crippen molar-refractivity contribution < 1.29 is 28.6 Å². The molecular weight excluding hydrogens is 636 g/mol. The van der Waals surface area contributed by atoms with Crippen LogP contribution in [0, 0.1) is 11.8 Å². The van der Waals surface area contributed by atoms with Crippen molar-refractivity contribution in [3.05, 3.63) is 0 Å². The number of rotatable bonds is 39. The smallest absolute Gasteiger partial charge is 0.306 e. The lowest BCUT2D eigenvalue weighted by atomic mass is 10.00. The molecule has 0 fully saturated rings. The van der Waals surface area contributed by atoms with E-state index < -0.39 is 6.10 Å². The van der Waals surface area contributed by atoms with Crippen molar-refractivity contribution in [1.29, 1.82) is 0 Å². The van der Waals surface area contributed by atoms with Gasteiger partial charge in [-0.3, -0.25) is 14.4 Å². The molecule has 0 bridgehead atoms. The summed E-state index contributed by atoms with van der Waals surface area (Å²) >= 11 is 0. The third-order valence-corrected chi connectivity index (χ3v) is 10.3. The maximum Gasteiger partial charge on any atom is 0.306 e. The molecular formula is C45H86O6. The quantitative estimate of drug-likeness (QED) is 0.0357. The Morgan fingerprint density at radius 2 is 0.745 bits per heavy atom. The Bertz CT molecular complexity index is 781. The van der Waals surface area contributed by atoms with E-state index in [2.05, 4.69) is 34.6 Å². The van der Waals surface area contributed by atoms with Crippen LogP contribution < -0.4 is 0 Å². The van der Waals surface area contributed by atoms with Crippen molar-refractivity contribution in [3.8, 4) is 0 Å². The van der Waals surface area contributed by atoms with E-state index in [9.17, 15) is 14.4 Å². The third kappa shape index (κ3) is 38.0. The van der Waals surface area contributed by atoms with Gasteiger partial charge in [0.15, 0.2) is 6.10 Å². The summed E-state index contributed by atoms with van der Waals surface area (Å²) in [6.07, 6.45) is 35.2. The minimum absolute atomic E-state index is 0.0659. The van der Waals surface area contributed by atoms with Crippen LogP contribution in [0.2, 0.25) is 0 Å². The molecule has 0 rings (SSSR count). The van der Waals surface area contributed by atoms with Crippen molar-refractivity contribution in [2.45, 2.75) is 246 Å². The molecule has 0 aromatic rings. The maximum atomic E-state index is 12.7. The maximum absolute atomic E-state index is 12.7. The van der Waals surface area contributed by atoms with Gasteiger partial charge >= 0.3 is 17.9 Å². The predicted molar refractivity (Wildman–Crippen MR) is 215 cm³/mol. The van der Waals surface area contributed by atoms with E-state index in [0.717, 1.165) is 69.6 Å². The van der Waals surface area contributed by atoms with Gasteiger partial charge in [-0.05, 0) is 31.1 Å². The average Bonchev–Trinajstić information content (AvgIpc) is 3.11. The van der Waals surface area contributed by atoms with Crippen molar-refractivity contribution in [2.24, 2.45) is 11.8 Å². The molecule has 0 aliphatic heterocycles. The molecule has 0 N–H and O–H groups in total. The first-order valence-electron chi connectivity index (χ1n) is 22.3. The second-order valence-corrected chi connectivity index (χ2v) is 16.1. The Hall–Kier alpha value is -1.59. The van der Waals surface area contributed by atoms with Crippen LogP contribution in [0.4, 0.5) is 0 Å². The van der Waals surface area contributed by atoms with Crippen LogP contribution in [0.1, 0.15) is 240 Å². The van der Waals surface area contributed by atoms with Crippen LogP contribution >= 0.6 is 0 Å². The lowest BCUT2D eigenvalue weighted by Crippen LogP contribution is -2.30. The number of esters is 3. The Balaban J connectivity index is 4.35. The summed E-state index contributed by atoms with van der Waals surface area (Å²) in [5, 5.41) is 0. The Labute approximate surface area is 317 Å². The predicted octanol–water partition coefficient (Wildman–Crippen LogP) is 13.8. The van der Waals surface area contributed by atoms with E-state index in [4.69, 9.17) is 14.2 Å². The number of carbonyl (C=O) groups excluding carboxylic acids is 3. The summed E-state index contributed by atoms with van der Waals surface area (Å²) in [6.45, 7) is 11.3. The van der Waals surface area contributed by atoms with Gasteiger partial charge in [0, 0.05) is 19.3 Å². The Kier molecular flexibility index (Phi) is 37.0. The van der Waals surface area contributed by atoms with Crippen molar-refractivity contribution in [2.75, 3.05) is 13.2 Å². The highest BCUT2D eigenvalue weighted by Crippen LogP contribution is 2.17. The van der Waals surface area contributed by atoms with Crippen LogP contribution in [-0.4, -0.2) is 37.2 Å². The molecule has 0 saturated heterocycles. The minimum atomic E-state index is -0.760. The molecule has 0 heterocycles. The van der Waals surface area contributed by atoms with E-state index in [1.165, 1.54) is 128 Å². The molecule has 0 aromatic carbocycles. The number of hydrogen-bond acceptors (Lipinski definition) is 6. The van der Waals surface area contributed by atoms with Crippen LogP contribution in [0.15, 0.2) is 0 Å². The van der Waals surface area contributed by atoms with Crippen molar-refractivity contribution in [3.63, 3.8) is 0 Å². The fourth-order valence-electron chi connectivity index (χ4n) is 6.54. The molecule has 2 atom stereocenters. The number of carbonyl (C=O) groups is 3. The van der Waals surface area contributed by atoms with Crippen molar-refractivity contribution >= 4 is 17.9 Å². The van der Waals surface area contributed by atoms with E-state index in [1.807, 2.05) is 0 Å². The zero-order valence-corrected chi connectivity index (χ0v) is 34.7. The number of ether oxygens (including phenoxy) is 3. The lowest BCUT2D eigenvalue weighted by molar-refractivity contribution is -0.167. The van der Waals surface area contributed by atoms with E-state index in [1.54, 1.807) is 0 Å². The normalized spacial score (nSPS) is 12.6. The molecule has 0 amide bonds. The van der Waals surface area contributed by atoms with Gasteiger partial charge < -0.3 is 14.2 Å². The van der Waals surface area contributed by atoms with Gasteiger partial charge in [0.25, 0.3) is 0 Å². The first kappa shape index (κ1) is 49.4. The largest absolute Gasteiger partial charge is 0.462 e. The second-order valence-electron chi connectivity index (χ2n) is 16.1. The van der Waals surface area contributed by atoms with Gasteiger partial charge in [0.05, 0.1) is 0 Å². The highest BCUT2D eigenvalue weighted by atomic mass is 16.6. The molecule has 0 radical (unpaired) electrons. The topological polar surface area (TPSA) is 78.9 Å². The van der Waals surface area contributed by atoms with Gasteiger partial charge in [0.2, 0.25) is 0 Å². The highest BCUT2D eigenvalue weighted by molar-refractivity contribution is 5.71. The summed E-state index contributed by atoms with van der Waals surface area (Å²) in [5.41, 5.74) is 0. The fourth-order valence-corrected chi connectivity index (χ4v) is 6.54. The van der Waals surface area contributed by atoms with E-state index in [0.29, 0.717) is 19.3 Å². The molecule has 1 unspecified atom stereocenters. The first-order valence-corrected chi connectivity index (χ1v) is 22.3. The molecule has 0 aliphatic carbocycles.